The predicted octanol–water partition coefficient (Wildman–Crippen LogP) is 1.29. The molecule has 15 heavy (non-hydrogen) atoms. The molecule has 2 saturated heterocycles. The highest BCUT2D eigenvalue weighted by Gasteiger charge is 2.40. The van der Waals surface area contributed by atoms with Crippen LogP contribution in [0.3, 0.4) is 0 Å². The molecule has 2 rings (SSSR count). The average Bonchev–Trinajstić information content (AvgIpc) is 2.77. The lowest BCUT2D eigenvalue weighted by molar-refractivity contribution is -0.126. The zero-order chi connectivity index (χ0) is 11.0. The van der Waals surface area contributed by atoms with E-state index in [9.17, 15) is 4.79 Å². The van der Waals surface area contributed by atoms with E-state index in [1.54, 1.807) is 0 Å². The second-order valence-electron chi connectivity index (χ2n) is 5.43. The quantitative estimate of drug-likeness (QED) is 0.737. The van der Waals surface area contributed by atoms with Gasteiger partial charge in [-0.15, -0.1) is 0 Å². The van der Waals surface area contributed by atoms with E-state index >= 15 is 0 Å². The Morgan fingerprint density at radius 3 is 2.53 bits per heavy atom. The van der Waals surface area contributed by atoms with E-state index in [2.05, 4.69) is 24.5 Å². The first-order valence-electron chi connectivity index (χ1n) is 6.14. The molecule has 2 aliphatic heterocycles. The standard InChI is InChI=1S/C12H22N2O/c1-7(2)8(3)12(15)14-11-6-9-4-5-10(11)13-9/h7-11,13H,4-6H2,1-3H3,(H,14,15). The van der Waals surface area contributed by atoms with Crippen LogP contribution in [-0.4, -0.2) is 24.0 Å². The summed E-state index contributed by atoms with van der Waals surface area (Å²) in [5.41, 5.74) is 0. The lowest BCUT2D eigenvalue weighted by atomic mass is 9.93. The highest BCUT2D eigenvalue weighted by molar-refractivity contribution is 5.79. The summed E-state index contributed by atoms with van der Waals surface area (Å²) in [5, 5.41) is 6.73. The van der Waals surface area contributed by atoms with Gasteiger partial charge in [-0.2, -0.15) is 0 Å². The van der Waals surface area contributed by atoms with Gasteiger partial charge in [-0.1, -0.05) is 20.8 Å². The number of carbonyl (C=O) groups excluding carboxylic acids is 1. The van der Waals surface area contributed by atoms with Crippen LogP contribution < -0.4 is 10.6 Å². The Labute approximate surface area is 92.0 Å². The van der Waals surface area contributed by atoms with Crippen LogP contribution in [0.2, 0.25) is 0 Å². The summed E-state index contributed by atoms with van der Waals surface area (Å²) < 4.78 is 0. The number of amides is 1. The third-order valence-electron chi connectivity index (χ3n) is 4.04. The van der Waals surface area contributed by atoms with Crippen LogP contribution in [0.25, 0.3) is 0 Å². The van der Waals surface area contributed by atoms with Crippen molar-refractivity contribution >= 4 is 5.91 Å². The van der Waals surface area contributed by atoms with Gasteiger partial charge in [-0.25, -0.2) is 0 Å². The van der Waals surface area contributed by atoms with Crippen LogP contribution in [0.4, 0.5) is 0 Å². The Kier molecular flexibility index (Phi) is 3.01. The van der Waals surface area contributed by atoms with E-state index in [4.69, 9.17) is 0 Å². The molecule has 2 bridgehead atoms. The minimum atomic E-state index is 0.129. The molecule has 2 N–H and O–H groups in total. The molecule has 4 atom stereocenters. The van der Waals surface area contributed by atoms with Gasteiger partial charge in [0, 0.05) is 24.0 Å². The second-order valence-corrected chi connectivity index (χ2v) is 5.43. The molecule has 2 fully saturated rings. The zero-order valence-electron chi connectivity index (χ0n) is 9.92. The van der Waals surface area contributed by atoms with Crippen molar-refractivity contribution in [3.05, 3.63) is 0 Å². The maximum atomic E-state index is 11.9. The molecule has 0 aromatic heterocycles. The van der Waals surface area contributed by atoms with Crippen molar-refractivity contribution in [1.29, 1.82) is 0 Å². The molecule has 0 aliphatic carbocycles. The van der Waals surface area contributed by atoms with Gasteiger partial charge in [0.15, 0.2) is 0 Å². The van der Waals surface area contributed by atoms with Gasteiger partial charge < -0.3 is 10.6 Å². The number of hydrogen-bond acceptors (Lipinski definition) is 2. The Hall–Kier alpha value is -0.570. The highest BCUT2D eigenvalue weighted by Crippen LogP contribution is 2.28. The number of carbonyl (C=O) groups is 1. The average molecular weight is 210 g/mol. The SMILES string of the molecule is CC(C)C(C)C(=O)NC1CC2CCC1N2. The second kappa shape index (κ2) is 4.12. The van der Waals surface area contributed by atoms with Crippen LogP contribution in [0.1, 0.15) is 40.0 Å². The van der Waals surface area contributed by atoms with Crippen LogP contribution >= 0.6 is 0 Å². The van der Waals surface area contributed by atoms with Crippen molar-refractivity contribution < 1.29 is 4.79 Å². The van der Waals surface area contributed by atoms with E-state index in [1.807, 2.05) is 6.92 Å². The van der Waals surface area contributed by atoms with Gasteiger partial charge in [-0.05, 0) is 25.2 Å². The fourth-order valence-corrected chi connectivity index (χ4v) is 2.60. The predicted molar refractivity (Wildman–Crippen MR) is 60.5 cm³/mol. The van der Waals surface area contributed by atoms with Crippen LogP contribution in [-0.2, 0) is 4.79 Å². The molecule has 2 aliphatic rings. The van der Waals surface area contributed by atoms with Crippen LogP contribution in [0, 0.1) is 11.8 Å². The van der Waals surface area contributed by atoms with Gasteiger partial charge in [-0.3, -0.25) is 4.79 Å². The summed E-state index contributed by atoms with van der Waals surface area (Å²) >= 11 is 0. The largest absolute Gasteiger partial charge is 0.352 e. The molecule has 0 saturated carbocycles. The number of hydrogen-bond donors (Lipinski definition) is 2. The van der Waals surface area contributed by atoms with E-state index in [0.717, 1.165) is 6.42 Å². The molecular formula is C12H22N2O. The molecule has 3 heteroatoms. The molecule has 2 heterocycles. The first-order chi connectivity index (χ1) is 7.08. The minimum absolute atomic E-state index is 0.129. The Balaban J connectivity index is 1.85. The molecule has 0 aromatic rings. The van der Waals surface area contributed by atoms with Crippen molar-refractivity contribution in [3.8, 4) is 0 Å². The minimum Gasteiger partial charge on any atom is -0.352 e. The maximum absolute atomic E-state index is 11.9. The zero-order valence-corrected chi connectivity index (χ0v) is 9.92. The van der Waals surface area contributed by atoms with Gasteiger partial charge >= 0.3 is 0 Å². The van der Waals surface area contributed by atoms with Crippen molar-refractivity contribution in [1.82, 2.24) is 10.6 Å². The van der Waals surface area contributed by atoms with Gasteiger partial charge in [0.1, 0.15) is 0 Å². The van der Waals surface area contributed by atoms with Gasteiger partial charge in [0.05, 0.1) is 0 Å². The van der Waals surface area contributed by atoms with E-state index in [-0.39, 0.29) is 11.8 Å². The van der Waals surface area contributed by atoms with Crippen molar-refractivity contribution in [2.45, 2.75) is 58.2 Å². The van der Waals surface area contributed by atoms with E-state index in [1.165, 1.54) is 12.8 Å². The third kappa shape index (κ3) is 2.17. The van der Waals surface area contributed by atoms with Crippen molar-refractivity contribution in [2.75, 3.05) is 0 Å². The monoisotopic (exact) mass is 210 g/mol. The molecule has 0 aromatic carbocycles. The van der Waals surface area contributed by atoms with Crippen molar-refractivity contribution in [2.24, 2.45) is 11.8 Å². The topological polar surface area (TPSA) is 41.1 Å². The van der Waals surface area contributed by atoms with E-state index < -0.39 is 0 Å². The Morgan fingerprint density at radius 2 is 2.07 bits per heavy atom. The van der Waals surface area contributed by atoms with Crippen LogP contribution in [0.5, 0.6) is 0 Å². The molecule has 0 radical (unpaired) electrons. The van der Waals surface area contributed by atoms with Crippen LogP contribution in [0.15, 0.2) is 0 Å². The number of nitrogens with one attached hydrogen (secondary N) is 2. The van der Waals surface area contributed by atoms with Gasteiger partial charge in [0.25, 0.3) is 0 Å². The fraction of sp³-hybridized carbons (Fsp3) is 0.917. The summed E-state index contributed by atoms with van der Waals surface area (Å²) in [6.45, 7) is 6.22. The lowest BCUT2D eigenvalue weighted by Crippen LogP contribution is -2.45. The summed E-state index contributed by atoms with van der Waals surface area (Å²) in [7, 11) is 0. The molecule has 4 unspecified atom stereocenters. The molecule has 0 spiro atoms. The summed E-state index contributed by atoms with van der Waals surface area (Å²) in [4.78, 5) is 11.9. The Bertz CT molecular complexity index is 252. The Morgan fingerprint density at radius 1 is 1.33 bits per heavy atom. The summed E-state index contributed by atoms with van der Waals surface area (Å²) in [6, 6.07) is 1.59. The molecular weight excluding hydrogens is 188 g/mol. The summed E-state index contributed by atoms with van der Waals surface area (Å²) in [6.07, 6.45) is 3.64. The first-order valence-corrected chi connectivity index (χ1v) is 6.14. The molecule has 86 valence electrons. The highest BCUT2D eigenvalue weighted by atomic mass is 16.1. The number of fused-ring (bicyclic) bond motifs is 2. The smallest absolute Gasteiger partial charge is 0.223 e. The van der Waals surface area contributed by atoms with Crippen molar-refractivity contribution in [3.63, 3.8) is 0 Å². The fourth-order valence-electron chi connectivity index (χ4n) is 2.60. The molecule has 3 nitrogen and oxygen atoms in total. The molecule has 1 amide bonds. The first kappa shape index (κ1) is 10.9. The lowest BCUT2D eigenvalue weighted by Gasteiger charge is -2.24. The maximum Gasteiger partial charge on any atom is 0.223 e. The summed E-state index contributed by atoms with van der Waals surface area (Å²) in [5.74, 6) is 0.782. The van der Waals surface area contributed by atoms with E-state index in [0.29, 0.717) is 24.0 Å². The normalized spacial score (nSPS) is 35.9. The van der Waals surface area contributed by atoms with Gasteiger partial charge in [0.2, 0.25) is 5.91 Å². The third-order valence-corrected chi connectivity index (χ3v) is 4.04. The number of rotatable bonds is 3.